The Morgan fingerprint density at radius 1 is 0.943 bits per heavy atom. The quantitative estimate of drug-likeness (QED) is 0.310. The van der Waals surface area contributed by atoms with Gasteiger partial charge in [-0.2, -0.15) is 5.10 Å². The highest BCUT2D eigenvalue weighted by Gasteiger charge is 2.19. The Bertz CT molecular complexity index is 1300. The average molecular weight is 493 g/mol. The Morgan fingerprint density at radius 3 is 2.29 bits per heavy atom. The molecule has 3 aromatic carbocycles. The summed E-state index contributed by atoms with van der Waals surface area (Å²) in [6, 6.07) is 23.0. The van der Waals surface area contributed by atoms with Gasteiger partial charge in [-0.05, 0) is 41.8 Å². The predicted octanol–water partition coefficient (Wildman–Crippen LogP) is 5.59. The van der Waals surface area contributed by atoms with Crippen LogP contribution < -0.4 is 14.2 Å². The predicted molar refractivity (Wildman–Crippen MR) is 134 cm³/mol. The van der Waals surface area contributed by atoms with E-state index >= 15 is 0 Å². The van der Waals surface area contributed by atoms with Crippen LogP contribution in [0.3, 0.4) is 0 Å². The van der Waals surface area contributed by atoms with Gasteiger partial charge in [-0.25, -0.2) is 4.79 Å². The highest BCUT2D eigenvalue weighted by Crippen LogP contribution is 2.41. The van der Waals surface area contributed by atoms with Crippen LogP contribution in [0.4, 0.5) is 0 Å². The van der Waals surface area contributed by atoms with Crippen LogP contribution in [-0.2, 0) is 17.8 Å². The largest absolute Gasteiger partial charge is 0.493 e. The van der Waals surface area contributed by atoms with Gasteiger partial charge in [-0.3, -0.25) is 4.68 Å². The number of benzene rings is 3. The molecule has 0 spiro atoms. The molecule has 0 saturated heterocycles. The normalized spacial score (nSPS) is 10.7. The number of aliphatic carboxylic acids is 1. The Morgan fingerprint density at radius 2 is 1.63 bits per heavy atom. The number of halogens is 1. The third-order valence-electron chi connectivity index (χ3n) is 5.49. The van der Waals surface area contributed by atoms with E-state index in [1.165, 1.54) is 19.8 Å². The van der Waals surface area contributed by atoms with Crippen molar-refractivity contribution in [3.8, 4) is 39.8 Å². The number of carboxylic acids is 1. The molecule has 4 aromatic rings. The molecule has 180 valence electrons. The van der Waals surface area contributed by atoms with Gasteiger partial charge in [0, 0.05) is 23.2 Å². The van der Waals surface area contributed by atoms with E-state index in [0.29, 0.717) is 40.1 Å². The molecule has 1 heterocycles. The van der Waals surface area contributed by atoms with Gasteiger partial charge >= 0.3 is 5.97 Å². The van der Waals surface area contributed by atoms with Gasteiger partial charge in [0.15, 0.2) is 18.1 Å². The SMILES string of the molecule is COc1cc(OCC(=O)O)c(-c2cc(-c3ccc(Cl)cc3)n(CCc3ccccc3)n2)cc1OC. The molecule has 0 radical (unpaired) electrons. The smallest absolute Gasteiger partial charge is 0.341 e. The number of rotatable bonds is 10. The Labute approximate surface area is 208 Å². The maximum absolute atomic E-state index is 11.2. The molecule has 0 aliphatic carbocycles. The van der Waals surface area contributed by atoms with Gasteiger partial charge in [0.05, 0.1) is 25.6 Å². The van der Waals surface area contributed by atoms with E-state index in [0.717, 1.165) is 17.7 Å². The van der Waals surface area contributed by atoms with E-state index in [2.05, 4.69) is 12.1 Å². The number of hydrogen-bond donors (Lipinski definition) is 1. The van der Waals surface area contributed by atoms with Gasteiger partial charge in [0.25, 0.3) is 0 Å². The molecule has 1 N–H and O–H groups in total. The molecule has 0 amide bonds. The van der Waals surface area contributed by atoms with Crippen molar-refractivity contribution in [2.75, 3.05) is 20.8 Å². The number of aryl methyl sites for hydroxylation is 2. The summed E-state index contributed by atoms with van der Waals surface area (Å²) in [7, 11) is 3.05. The molecule has 0 fully saturated rings. The van der Waals surface area contributed by atoms with E-state index in [9.17, 15) is 4.79 Å². The van der Waals surface area contributed by atoms with Gasteiger partial charge in [-0.1, -0.05) is 54.1 Å². The molecule has 8 heteroatoms. The summed E-state index contributed by atoms with van der Waals surface area (Å²) >= 11 is 6.11. The van der Waals surface area contributed by atoms with Crippen molar-refractivity contribution in [2.45, 2.75) is 13.0 Å². The first-order chi connectivity index (χ1) is 17.0. The maximum atomic E-state index is 11.2. The summed E-state index contributed by atoms with van der Waals surface area (Å²) in [4.78, 5) is 11.2. The number of aromatic nitrogens is 2. The monoisotopic (exact) mass is 492 g/mol. The summed E-state index contributed by atoms with van der Waals surface area (Å²) in [5.74, 6) is 0.163. The highest BCUT2D eigenvalue weighted by atomic mass is 35.5. The van der Waals surface area contributed by atoms with Crippen molar-refractivity contribution in [3.05, 3.63) is 83.4 Å². The summed E-state index contributed by atoms with van der Waals surface area (Å²) in [5.41, 5.74) is 4.26. The van der Waals surface area contributed by atoms with Crippen molar-refractivity contribution in [2.24, 2.45) is 0 Å². The second kappa shape index (κ2) is 11.0. The van der Waals surface area contributed by atoms with Crippen molar-refractivity contribution < 1.29 is 24.1 Å². The topological polar surface area (TPSA) is 82.8 Å². The fourth-order valence-electron chi connectivity index (χ4n) is 3.77. The Balaban J connectivity index is 1.80. The summed E-state index contributed by atoms with van der Waals surface area (Å²) < 4.78 is 18.4. The standard InChI is InChI=1S/C27H25ClN2O5/c1-33-25-14-21(24(16-26(25)34-2)35-17-27(31)32)22-15-23(19-8-10-20(28)11-9-19)30(29-22)13-12-18-6-4-3-5-7-18/h3-11,14-16H,12-13,17H2,1-2H3,(H,31,32). The summed E-state index contributed by atoms with van der Waals surface area (Å²) in [5, 5.41) is 14.7. The molecule has 0 atom stereocenters. The van der Waals surface area contributed by atoms with E-state index in [1.54, 1.807) is 12.1 Å². The minimum absolute atomic E-state index is 0.334. The van der Waals surface area contributed by atoms with Gasteiger partial charge in [0.1, 0.15) is 5.75 Å². The molecule has 7 nitrogen and oxygen atoms in total. The molecule has 0 bridgehead atoms. The maximum Gasteiger partial charge on any atom is 0.341 e. The zero-order valence-electron chi connectivity index (χ0n) is 19.4. The molecular weight excluding hydrogens is 468 g/mol. The van der Waals surface area contributed by atoms with Crippen molar-refractivity contribution >= 4 is 17.6 Å². The molecule has 35 heavy (non-hydrogen) atoms. The summed E-state index contributed by atoms with van der Waals surface area (Å²) in [6.45, 7) is 0.141. The number of ether oxygens (including phenoxy) is 3. The Kier molecular flexibility index (Phi) is 7.57. The van der Waals surface area contributed by atoms with E-state index < -0.39 is 12.6 Å². The first-order valence-electron chi connectivity index (χ1n) is 11.0. The molecular formula is C27H25ClN2O5. The lowest BCUT2D eigenvalue weighted by molar-refractivity contribution is -0.139. The first kappa shape index (κ1) is 24.2. The fraction of sp³-hybridized carbons (Fsp3) is 0.185. The second-order valence-corrected chi connectivity index (χ2v) is 8.20. The average Bonchev–Trinajstić information content (AvgIpc) is 3.30. The third kappa shape index (κ3) is 5.75. The minimum atomic E-state index is -1.08. The van der Waals surface area contributed by atoms with E-state index in [4.69, 9.17) is 36.0 Å². The zero-order chi connectivity index (χ0) is 24.8. The van der Waals surface area contributed by atoms with Gasteiger partial charge in [0.2, 0.25) is 0 Å². The molecule has 0 aliphatic rings. The minimum Gasteiger partial charge on any atom is -0.493 e. The van der Waals surface area contributed by atoms with Crippen LogP contribution in [0.1, 0.15) is 5.56 Å². The number of methoxy groups -OCH3 is 2. The molecule has 0 saturated carbocycles. The first-order valence-corrected chi connectivity index (χ1v) is 11.3. The highest BCUT2D eigenvalue weighted by molar-refractivity contribution is 6.30. The van der Waals surface area contributed by atoms with E-state index in [-0.39, 0.29) is 0 Å². The lowest BCUT2D eigenvalue weighted by Crippen LogP contribution is -2.10. The molecule has 4 rings (SSSR count). The van der Waals surface area contributed by atoms with Gasteiger partial charge < -0.3 is 19.3 Å². The number of hydrogen-bond acceptors (Lipinski definition) is 5. The van der Waals surface area contributed by atoms with Crippen molar-refractivity contribution in [3.63, 3.8) is 0 Å². The van der Waals surface area contributed by atoms with Crippen LogP contribution in [-0.4, -0.2) is 41.7 Å². The lowest BCUT2D eigenvalue weighted by Gasteiger charge is -2.14. The lowest BCUT2D eigenvalue weighted by atomic mass is 10.1. The third-order valence-corrected chi connectivity index (χ3v) is 5.74. The second-order valence-electron chi connectivity index (χ2n) is 7.77. The van der Waals surface area contributed by atoms with Crippen LogP contribution in [0.15, 0.2) is 72.8 Å². The molecule has 1 aromatic heterocycles. The van der Waals surface area contributed by atoms with Crippen LogP contribution in [0.25, 0.3) is 22.5 Å². The van der Waals surface area contributed by atoms with Crippen LogP contribution >= 0.6 is 11.6 Å². The van der Waals surface area contributed by atoms with Gasteiger partial charge in [-0.15, -0.1) is 0 Å². The van der Waals surface area contributed by atoms with Crippen molar-refractivity contribution in [1.29, 1.82) is 0 Å². The van der Waals surface area contributed by atoms with Crippen LogP contribution in [0.2, 0.25) is 5.02 Å². The summed E-state index contributed by atoms with van der Waals surface area (Å²) in [6.07, 6.45) is 0.789. The van der Waals surface area contributed by atoms with Crippen molar-refractivity contribution in [1.82, 2.24) is 9.78 Å². The Hall–Kier alpha value is -3.97. The molecule has 0 aliphatic heterocycles. The van der Waals surface area contributed by atoms with E-state index in [1.807, 2.05) is 53.2 Å². The van der Waals surface area contributed by atoms with Crippen LogP contribution in [0, 0.1) is 0 Å². The zero-order valence-corrected chi connectivity index (χ0v) is 20.2. The number of nitrogens with zero attached hydrogens (tertiary/aromatic N) is 2. The number of carbonyl (C=O) groups is 1. The molecule has 0 unspecified atom stereocenters. The fourth-order valence-corrected chi connectivity index (χ4v) is 3.90. The van der Waals surface area contributed by atoms with Crippen LogP contribution in [0.5, 0.6) is 17.2 Å². The number of carboxylic acid groups (broad SMARTS) is 1.